The standard InChI is InChI=1S/2C15H20BrNO3/c1-15(2,3)20-14(18)17-6-5-12-10(9-17)7-11(19-4)8-13(12)16;1-15(2,3)20-14(18)17-6-5-12-10(9-17)7-11(16)8-13(12)19-4/h2*7-8H,5-6,9H2,1-4H3. The maximum Gasteiger partial charge on any atom is 0.410 e. The van der Waals surface area contributed by atoms with E-state index in [2.05, 4.69) is 31.9 Å². The van der Waals surface area contributed by atoms with Crippen molar-refractivity contribution in [2.75, 3.05) is 27.3 Å². The number of rotatable bonds is 2. The molecule has 2 heterocycles. The summed E-state index contributed by atoms with van der Waals surface area (Å²) in [6.45, 7) is 13.7. The minimum atomic E-state index is -0.466. The topological polar surface area (TPSA) is 77.5 Å². The molecule has 0 atom stereocenters. The summed E-state index contributed by atoms with van der Waals surface area (Å²) in [5.41, 5.74) is 3.70. The Kier molecular flexibility index (Phi) is 10.4. The number of hydrogen-bond donors (Lipinski definition) is 0. The fraction of sp³-hybridized carbons (Fsp3) is 0.533. The van der Waals surface area contributed by atoms with Crippen LogP contribution in [0.2, 0.25) is 0 Å². The molecule has 8 nitrogen and oxygen atoms in total. The van der Waals surface area contributed by atoms with Crippen LogP contribution < -0.4 is 9.47 Å². The molecule has 0 aromatic heterocycles. The monoisotopic (exact) mass is 682 g/mol. The number of halogens is 2. The Balaban J connectivity index is 0.000000220. The number of ether oxygens (including phenoxy) is 4. The molecule has 0 N–H and O–H groups in total. The minimum absolute atomic E-state index is 0.262. The van der Waals surface area contributed by atoms with Crippen LogP contribution in [-0.4, -0.2) is 60.5 Å². The van der Waals surface area contributed by atoms with Gasteiger partial charge in [-0.05, 0) is 95.3 Å². The Morgan fingerprint density at radius 2 is 1.23 bits per heavy atom. The molecule has 0 saturated heterocycles. The molecule has 0 unspecified atom stereocenters. The van der Waals surface area contributed by atoms with Gasteiger partial charge >= 0.3 is 12.2 Å². The molecule has 2 aromatic rings. The van der Waals surface area contributed by atoms with Crippen molar-refractivity contribution in [1.29, 1.82) is 0 Å². The summed E-state index contributed by atoms with van der Waals surface area (Å²) in [6.07, 6.45) is 1.08. The van der Waals surface area contributed by atoms with E-state index in [-0.39, 0.29) is 12.2 Å². The van der Waals surface area contributed by atoms with Crippen molar-refractivity contribution < 1.29 is 28.5 Å². The second-order valence-corrected chi connectivity index (χ2v) is 13.6. The molecular weight excluding hydrogens is 644 g/mol. The van der Waals surface area contributed by atoms with Gasteiger partial charge in [0.1, 0.15) is 22.7 Å². The molecule has 0 aliphatic carbocycles. The molecule has 0 fully saturated rings. The Bertz CT molecular complexity index is 1210. The SMILES string of the molecule is COc1cc(Br)c2c(c1)CN(C(=O)OC(C)(C)C)CC2.COc1cc(Br)cc2c1CCN(C(=O)OC(C)(C)C)C2. The normalized spacial score (nSPS) is 14.8. The first kappa shape index (κ1) is 32.1. The number of amides is 2. The van der Waals surface area contributed by atoms with Gasteiger partial charge < -0.3 is 28.7 Å². The van der Waals surface area contributed by atoms with Gasteiger partial charge in [0, 0.05) is 40.7 Å². The van der Waals surface area contributed by atoms with E-state index in [1.165, 1.54) is 11.1 Å². The first-order valence-corrected chi connectivity index (χ1v) is 14.8. The van der Waals surface area contributed by atoms with E-state index >= 15 is 0 Å². The van der Waals surface area contributed by atoms with E-state index in [0.29, 0.717) is 26.2 Å². The van der Waals surface area contributed by atoms with E-state index in [0.717, 1.165) is 44.4 Å². The second-order valence-electron chi connectivity index (χ2n) is 11.8. The Labute approximate surface area is 254 Å². The first-order chi connectivity index (χ1) is 18.6. The van der Waals surface area contributed by atoms with Gasteiger partial charge in [-0.15, -0.1) is 0 Å². The highest BCUT2D eigenvalue weighted by Crippen LogP contribution is 2.33. The van der Waals surface area contributed by atoms with Crippen molar-refractivity contribution in [2.24, 2.45) is 0 Å². The molecular formula is C30H40Br2N2O6. The summed E-state index contributed by atoms with van der Waals surface area (Å²) in [5.74, 6) is 1.67. The predicted molar refractivity (Wildman–Crippen MR) is 162 cm³/mol. The fourth-order valence-corrected chi connectivity index (χ4v) is 5.67. The van der Waals surface area contributed by atoms with Crippen LogP contribution in [0, 0.1) is 0 Å². The number of methoxy groups -OCH3 is 2. The quantitative estimate of drug-likeness (QED) is 0.326. The van der Waals surface area contributed by atoms with Gasteiger partial charge in [-0.1, -0.05) is 31.9 Å². The maximum atomic E-state index is 12.1. The summed E-state index contributed by atoms with van der Waals surface area (Å²) < 4.78 is 23.5. The number of hydrogen-bond acceptors (Lipinski definition) is 6. The van der Waals surface area contributed by atoms with Gasteiger partial charge in [0.05, 0.1) is 14.2 Å². The fourth-order valence-electron chi connectivity index (χ4n) is 4.51. The summed E-state index contributed by atoms with van der Waals surface area (Å²) >= 11 is 7.04. The summed E-state index contributed by atoms with van der Waals surface area (Å²) in [4.78, 5) is 27.7. The van der Waals surface area contributed by atoms with Crippen LogP contribution in [0.5, 0.6) is 11.5 Å². The van der Waals surface area contributed by atoms with Crippen LogP contribution in [-0.2, 0) is 35.4 Å². The van der Waals surface area contributed by atoms with E-state index in [9.17, 15) is 9.59 Å². The molecule has 4 rings (SSSR count). The number of carbonyl (C=O) groups is 2. The highest BCUT2D eigenvalue weighted by Gasteiger charge is 2.28. The average molecular weight is 684 g/mol. The van der Waals surface area contributed by atoms with Gasteiger partial charge in [0.2, 0.25) is 0 Å². The van der Waals surface area contributed by atoms with Crippen molar-refractivity contribution >= 4 is 44.0 Å². The number of fused-ring (bicyclic) bond motifs is 2. The van der Waals surface area contributed by atoms with Crippen LogP contribution in [0.1, 0.15) is 63.8 Å². The Morgan fingerprint density at radius 3 is 1.70 bits per heavy atom. The molecule has 0 saturated carbocycles. The van der Waals surface area contributed by atoms with Crippen LogP contribution in [0.4, 0.5) is 9.59 Å². The van der Waals surface area contributed by atoms with Crippen molar-refractivity contribution in [2.45, 2.75) is 78.7 Å². The smallest absolute Gasteiger partial charge is 0.410 e. The van der Waals surface area contributed by atoms with Crippen molar-refractivity contribution in [3.8, 4) is 11.5 Å². The first-order valence-electron chi connectivity index (χ1n) is 13.3. The molecule has 2 aromatic carbocycles. The second kappa shape index (κ2) is 13.0. The van der Waals surface area contributed by atoms with Crippen molar-refractivity contribution in [1.82, 2.24) is 9.80 Å². The zero-order chi connectivity index (χ0) is 29.8. The predicted octanol–water partition coefficient (Wildman–Crippen LogP) is 7.50. The van der Waals surface area contributed by atoms with Crippen molar-refractivity contribution in [3.63, 3.8) is 0 Å². The molecule has 2 aliphatic rings. The highest BCUT2D eigenvalue weighted by molar-refractivity contribution is 9.10. The number of carbonyl (C=O) groups excluding carboxylic acids is 2. The van der Waals surface area contributed by atoms with E-state index in [4.69, 9.17) is 18.9 Å². The van der Waals surface area contributed by atoms with E-state index in [1.807, 2.05) is 65.8 Å². The third kappa shape index (κ3) is 8.77. The maximum absolute atomic E-state index is 12.1. The lowest BCUT2D eigenvalue weighted by molar-refractivity contribution is 0.0213. The molecule has 2 amide bonds. The number of nitrogens with zero attached hydrogens (tertiary/aromatic N) is 2. The Hall–Kier alpha value is -2.46. The van der Waals surface area contributed by atoms with Gasteiger partial charge in [0.15, 0.2) is 0 Å². The van der Waals surface area contributed by atoms with Crippen molar-refractivity contribution in [3.05, 3.63) is 55.5 Å². The average Bonchev–Trinajstić information content (AvgIpc) is 2.85. The third-order valence-electron chi connectivity index (χ3n) is 6.27. The van der Waals surface area contributed by atoms with E-state index in [1.54, 1.807) is 24.0 Å². The number of benzene rings is 2. The van der Waals surface area contributed by atoms with Crippen LogP contribution in [0.15, 0.2) is 33.2 Å². The lowest BCUT2D eigenvalue weighted by atomic mass is 9.99. The molecule has 2 aliphatic heterocycles. The zero-order valence-electron chi connectivity index (χ0n) is 24.7. The highest BCUT2D eigenvalue weighted by atomic mass is 79.9. The largest absolute Gasteiger partial charge is 0.497 e. The summed E-state index contributed by atoms with van der Waals surface area (Å²) in [6, 6.07) is 7.94. The lowest BCUT2D eigenvalue weighted by Gasteiger charge is -2.32. The molecule has 0 radical (unpaired) electrons. The molecule has 10 heteroatoms. The summed E-state index contributed by atoms with van der Waals surface area (Å²) in [5, 5.41) is 0. The van der Waals surface area contributed by atoms with Crippen LogP contribution in [0.25, 0.3) is 0 Å². The van der Waals surface area contributed by atoms with Crippen LogP contribution in [0.3, 0.4) is 0 Å². The molecule has 0 bridgehead atoms. The molecule has 40 heavy (non-hydrogen) atoms. The van der Waals surface area contributed by atoms with Gasteiger partial charge in [-0.25, -0.2) is 9.59 Å². The third-order valence-corrected chi connectivity index (χ3v) is 7.44. The van der Waals surface area contributed by atoms with Gasteiger partial charge in [-0.3, -0.25) is 0 Å². The Morgan fingerprint density at radius 1 is 0.725 bits per heavy atom. The minimum Gasteiger partial charge on any atom is -0.497 e. The zero-order valence-corrected chi connectivity index (χ0v) is 27.8. The van der Waals surface area contributed by atoms with Gasteiger partial charge in [0.25, 0.3) is 0 Å². The lowest BCUT2D eigenvalue weighted by Crippen LogP contribution is -2.40. The van der Waals surface area contributed by atoms with Crippen LogP contribution >= 0.6 is 31.9 Å². The van der Waals surface area contributed by atoms with E-state index < -0.39 is 11.2 Å². The van der Waals surface area contributed by atoms with Gasteiger partial charge in [-0.2, -0.15) is 0 Å². The summed E-state index contributed by atoms with van der Waals surface area (Å²) in [7, 11) is 3.31. The molecule has 220 valence electrons. The molecule has 0 spiro atoms.